The van der Waals surface area contributed by atoms with E-state index in [1.165, 1.54) is 6.07 Å². The van der Waals surface area contributed by atoms with Gasteiger partial charge in [0.05, 0.1) is 6.61 Å². The second-order valence-corrected chi connectivity index (χ2v) is 4.06. The Morgan fingerprint density at radius 3 is 2.73 bits per heavy atom. The van der Waals surface area contributed by atoms with Gasteiger partial charge in [0.2, 0.25) is 0 Å². The Morgan fingerprint density at radius 1 is 1.40 bits per heavy atom. The second kappa shape index (κ2) is 5.86. The van der Waals surface area contributed by atoms with Gasteiger partial charge >= 0.3 is 0 Å². The number of unbranched alkanes of at least 4 members (excludes halogenated alkanes) is 1. The lowest BCUT2D eigenvalue weighted by Crippen LogP contribution is -1.99. The van der Waals surface area contributed by atoms with Gasteiger partial charge in [0.1, 0.15) is 5.82 Å². The molecule has 0 saturated carbocycles. The first kappa shape index (κ1) is 12.2. The van der Waals surface area contributed by atoms with Gasteiger partial charge in [0.15, 0.2) is 0 Å². The predicted molar refractivity (Wildman–Crippen MR) is 60.3 cm³/mol. The quantitative estimate of drug-likeness (QED) is 0.787. The van der Waals surface area contributed by atoms with E-state index in [2.05, 4.69) is 6.92 Å². The van der Waals surface area contributed by atoms with E-state index >= 15 is 0 Å². The third-order valence-corrected chi connectivity index (χ3v) is 2.76. The van der Waals surface area contributed by atoms with Gasteiger partial charge in [-0.05, 0) is 29.5 Å². The fourth-order valence-corrected chi connectivity index (χ4v) is 1.74. The van der Waals surface area contributed by atoms with Gasteiger partial charge < -0.3 is 5.11 Å². The van der Waals surface area contributed by atoms with Crippen LogP contribution in [0.2, 0.25) is 0 Å². The molecule has 1 aromatic carbocycles. The van der Waals surface area contributed by atoms with Crippen LogP contribution >= 0.6 is 0 Å². The standard InChI is InChI=1S/C13H19FO/c1-3-4-5-10(2)12-8-11(9-15)6-7-13(12)14/h6-8,10,15H,3-5,9H2,1-2H3. The molecule has 0 amide bonds. The van der Waals surface area contributed by atoms with Crippen LogP contribution in [0.25, 0.3) is 0 Å². The van der Waals surface area contributed by atoms with E-state index in [1.54, 1.807) is 12.1 Å². The first-order chi connectivity index (χ1) is 7.19. The smallest absolute Gasteiger partial charge is 0.126 e. The molecule has 0 heterocycles. The minimum Gasteiger partial charge on any atom is -0.392 e. The van der Waals surface area contributed by atoms with E-state index in [9.17, 15) is 4.39 Å². The molecule has 1 unspecified atom stereocenters. The molecular formula is C13H19FO. The fourth-order valence-electron chi connectivity index (χ4n) is 1.74. The molecule has 0 aliphatic carbocycles. The topological polar surface area (TPSA) is 20.2 Å². The zero-order valence-electron chi connectivity index (χ0n) is 9.46. The molecule has 0 aliphatic heterocycles. The molecule has 1 atom stereocenters. The summed E-state index contributed by atoms with van der Waals surface area (Å²) in [6.07, 6.45) is 3.25. The van der Waals surface area contributed by atoms with Crippen molar-refractivity contribution in [2.24, 2.45) is 0 Å². The summed E-state index contributed by atoms with van der Waals surface area (Å²) < 4.78 is 13.5. The molecule has 0 aromatic heterocycles. The number of halogens is 1. The first-order valence-corrected chi connectivity index (χ1v) is 5.58. The van der Waals surface area contributed by atoms with Crippen molar-refractivity contribution in [2.45, 2.75) is 45.6 Å². The Bertz CT molecular complexity index is 309. The summed E-state index contributed by atoms with van der Waals surface area (Å²) in [5.41, 5.74) is 1.52. The summed E-state index contributed by atoms with van der Waals surface area (Å²) >= 11 is 0. The molecular weight excluding hydrogens is 191 g/mol. The van der Waals surface area contributed by atoms with Gasteiger partial charge in [-0.1, -0.05) is 38.8 Å². The average molecular weight is 210 g/mol. The monoisotopic (exact) mass is 210 g/mol. The Hall–Kier alpha value is -0.890. The van der Waals surface area contributed by atoms with Crippen molar-refractivity contribution in [3.63, 3.8) is 0 Å². The number of hydrogen-bond donors (Lipinski definition) is 1. The van der Waals surface area contributed by atoms with Crippen molar-refractivity contribution in [1.29, 1.82) is 0 Å². The summed E-state index contributed by atoms with van der Waals surface area (Å²) in [6, 6.07) is 4.85. The van der Waals surface area contributed by atoms with Crippen molar-refractivity contribution in [3.8, 4) is 0 Å². The first-order valence-electron chi connectivity index (χ1n) is 5.58. The molecule has 2 heteroatoms. The van der Waals surface area contributed by atoms with E-state index in [0.717, 1.165) is 30.4 Å². The highest BCUT2D eigenvalue weighted by molar-refractivity contribution is 5.27. The minimum absolute atomic E-state index is 0.0201. The lowest BCUT2D eigenvalue weighted by molar-refractivity contribution is 0.281. The lowest BCUT2D eigenvalue weighted by atomic mass is 9.94. The Morgan fingerprint density at radius 2 is 2.13 bits per heavy atom. The maximum atomic E-state index is 13.5. The molecule has 15 heavy (non-hydrogen) atoms. The van der Waals surface area contributed by atoms with Crippen molar-refractivity contribution < 1.29 is 9.50 Å². The highest BCUT2D eigenvalue weighted by Gasteiger charge is 2.10. The largest absolute Gasteiger partial charge is 0.392 e. The summed E-state index contributed by atoms with van der Waals surface area (Å²) in [5.74, 6) is 0.0762. The van der Waals surface area contributed by atoms with Gasteiger partial charge in [-0.3, -0.25) is 0 Å². The molecule has 1 nitrogen and oxygen atoms in total. The normalized spacial score (nSPS) is 12.8. The van der Waals surface area contributed by atoms with Crippen LogP contribution in [0.5, 0.6) is 0 Å². The van der Waals surface area contributed by atoms with Gasteiger partial charge in [-0.2, -0.15) is 0 Å². The predicted octanol–water partition coefficient (Wildman–Crippen LogP) is 3.61. The maximum absolute atomic E-state index is 13.5. The summed E-state index contributed by atoms with van der Waals surface area (Å²) in [4.78, 5) is 0. The van der Waals surface area contributed by atoms with Crippen LogP contribution in [-0.2, 0) is 6.61 Å². The summed E-state index contributed by atoms with van der Waals surface area (Å²) in [5, 5.41) is 8.99. The molecule has 0 radical (unpaired) electrons. The molecule has 84 valence electrons. The summed E-state index contributed by atoms with van der Waals surface area (Å²) in [6.45, 7) is 4.15. The van der Waals surface area contributed by atoms with E-state index in [0.29, 0.717) is 0 Å². The molecule has 0 fully saturated rings. The summed E-state index contributed by atoms with van der Waals surface area (Å²) in [7, 11) is 0. The average Bonchev–Trinajstić information content (AvgIpc) is 2.26. The van der Waals surface area contributed by atoms with Crippen LogP contribution in [-0.4, -0.2) is 5.11 Å². The fraction of sp³-hybridized carbons (Fsp3) is 0.538. The van der Waals surface area contributed by atoms with Crippen molar-refractivity contribution >= 4 is 0 Å². The van der Waals surface area contributed by atoms with Crippen molar-refractivity contribution in [3.05, 3.63) is 35.1 Å². The van der Waals surface area contributed by atoms with Crippen LogP contribution in [0.3, 0.4) is 0 Å². The number of aliphatic hydroxyl groups excluding tert-OH is 1. The molecule has 0 bridgehead atoms. The second-order valence-electron chi connectivity index (χ2n) is 4.06. The molecule has 0 spiro atoms. The molecule has 1 rings (SSSR count). The molecule has 1 N–H and O–H groups in total. The maximum Gasteiger partial charge on any atom is 0.126 e. The Kier molecular flexibility index (Phi) is 4.76. The van der Waals surface area contributed by atoms with Crippen molar-refractivity contribution in [1.82, 2.24) is 0 Å². The number of rotatable bonds is 5. The van der Waals surface area contributed by atoms with E-state index in [-0.39, 0.29) is 18.3 Å². The molecule has 1 aromatic rings. The van der Waals surface area contributed by atoms with Gasteiger partial charge in [-0.25, -0.2) is 4.39 Å². The van der Waals surface area contributed by atoms with Gasteiger partial charge in [-0.15, -0.1) is 0 Å². The zero-order chi connectivity index (χ0) is 11.3. The van der Waals surface area contributed by atoms with Crippen LogP contribution in [0.15, 0.2) is 18.2 Å². The van der Waals surface area contributed by atoms with Crippen LogP contribution < -0.4 is 0 Å². The van der Waals surface area contributed by atoms with Gasteiger partial charge in [0, 0.05) is 0 Å². The van der Waals surface area contributed by atoms with Crippen molar-refractivity contribution in [2.75, 3.05) is 0 Å². The van der Waals surface area contributed by atoms with Crippen LogP contribution in [0.1, 0.15) is 50.2 Å². The highest BCUT2D eigenvalue weighted by atomic mass is 19.1. The number of benzene rings is 1. The van der Waals surface area contributed by atoms with Crippen LogP contribution in [0.4, 0.5) is 4.39 Å². The van der Waals surface area contributed by atoms with E-state index < -0.39 is 0 Å². The zero-order valence-corrected chi connectivity index (χ0v) is 9.46. The van der Waals surface area contributed by atoms with Crippen LogP contribution in [0, 0.1) is 5.82 Å². The third-order valence-electron chi connectivity index (χ3n) is 2.76. The third kappa shape index (κ3) is 3.31. The number of hydrogen-bond acceptors (Lipinski definition) is 1. The Balaban J connectivity index is 2.81. The van der Waals surface area contributed by atoms with E-state index in [4.69, 9.17) is 5.11 Å². The SMILES string of the molecule is CCCCC(C)c1cc(CO)ccc1F. The number of aliphatic hydroxyl groups is 1. The Labute approximate surface area is 90.9 Å². The minimum atomic E-state index is -0.157. The lowest BCUT2D eigenvalue weighted by Gasteiger charge is -2.13. The molecule has 0 aliphatic rings. The van der Waals surface area contributed by atoms with E-state index in [1.807, 2.05) is 6.92 Å². The molecule has 0 saturated heterocycles. The highest BCUT2D eigenvalue weighted by Crippen LogP contribution is 2.25. The van der Waals surface area contributed by atoms with Gasteiger partial charge in [0.25, 0.3) is 0 Å².